The van der Waals surface area contributed by atoms with Gasteiger partial charge in [0, 0.05) is 11.8 Å². The number of carboxylic acid groups (broad SMARTS) is 1. The minimum absolute atomic E-state index is 0.00944. The Morgan fingerprint density at radius 2 is 1.62 bits per heavy atom. The smallest absolute Gasteiger partial charge is 0.339 e. The maximum atomic E-state index is 12.7. The van der Waals surface area contributed by atoms with Crippen molar-refractivity contribution < 1.29 is 19.8 Å². The van der Waals surface area contributed by atoms with E-state index in [4.69, 9.17) is 10.8 Å². The summed E-state index contributed by atoms with van der Waals surface area (Å²) in [5.74, 6) is -2.08. The van der Waals surface area contributed by atoms with Crippen LogP contribution in [0.3, 0.4) is 0 Å². The Morgan fingerprint density at radius 1 is 1.00 bits per heavy atom. The molecule has 3 rings (SSSR count). The lowest BCUT2D eigenvalue weighted by molar-refractivity contribution is -0.117. The monoisotopic (exact) mass is 396 g/mol. The number of aromatic hydroxyl groups is 1. The predicted octanol–water partition coefficient (Wildman–Crippen LogP) is 4.08. The second kappa shape index (κ2) is 7.19. The number of carboxylic acids is 1. The minimum Gasteiger partial charge on any atom is -0.507 e. The van der Waals surface area contributed by atoms with Gasteiger partial charge in [-0.2, -0.15) is 0 Å². The Kier molecular flexibility index (Phi) is 5.17. The zero-order valence-electron chi connectivity index (χ0n) is 17.2. The number of carbonyl (C=O) groups is 2. The van der Waals surface area contributed by atoms with Gasteiger partial charge in [0.2, 0.25) is 5.91 Å². The van der Waals surface area contributed by atoms with Crippen molar-refractivity contribution in [3.63, 3.8) is 0 Å². The fraction of sp³-hybridized carbons (Fsp3) is 0.391. The van der Waals surface area contributed by atoms with E-state index in [0.717, 1.165) is 18.4 Å². The molecule has 6 nitrogen and oxygen atoms in total. The van der Waals surface area contributed by atoms with Crippen LogP contribution < -0.4 is 11.1 Å². The number of nitrogens with two attached hydrogens (primary N) is 1. The number of fused-ring (bicyclic) bond motifs is 1. The molecule has 0 saturated heterocycles. The largest absolute Gasteiger partial charge is 0.507 e. The van der Waals surface area contributed by atoms with Gasteiger partial charge in [0.05, 0.1) is 0 Å². The van der Waals surface area contributed by atoms with Gasteiger partial charge in [-0.3, -0.25) is 4.79 Å². The zero-order chi connectivity index (χ0) is 21.6. The highest BCUT2D eigenvalue weighted by atomic mass is 16.4. The summed E-state index contributed by atoms with van der Waals surface area (Å²) in [6.07, 6.45) is 2.17. The molecule has 2 aromatic rings. The molecule has 1 aliphatic rings. The first-order valence-electron chi connectivity index (χ1n) is 9.70. The number of aromatic carboxylic acids is 1. The van der Waals surface area contributed by atoms with Gasteiger partial charge in [-0.05, 0) is 52.5 Å². The number of anilines is 1. The maximum Gasteiger partial charge on any atom is 0.339 e. The molecule has 0 aliphatic heterocycles. The number of nitrogens with one attached hydrogen (secondary N) is 1. The van der Waals surface area contributed by atoms with Crippen molar-refractivity contribution in [2.45, 2.75) is 57.4 Å². The molecule has 6 heteroatoms. The Bertz CT molecular complexity index is 979. The molecule has 29 heavy (non-hydrogen) atoms. The summed E-state index contributed by atoms with van der Waals surface area (Å²) < 4.78 is 0. The number of phenols is 1. The van der Waals surface area contributed by atoms with Gasteiger partial charge >= 0.3 is 5.97 Å². The highest BCUT2D eigenvalue weighted by molar-refractivity contribution is 5.97. The van der Waals surface area contributed by atoms with Crippen molar-refractivity contribution in [2.24, 2.45) is 5.73 Å². The first kappa shape index (κ1) is 20.9. The van der Waals surface area contributed by atoms with Crippen LogP contribution in [0.25, 0.3) is 0 Å². The third-order valence-electron chi connectivity index (χ3n) is 6.01. The molecule has 5 N–H and O–H groups in total. The maximum absolute atomic E-state index is 12.7. The van der Waals surface area contributed by atoms with Crippen molar-refractivity contribution in [2.75, 3.05) is 5.32 Å². The number of carbonyl (C=O) groups excluding carboxylic acids is 1. The molecule has 154 valence electrons. The van der Waals surface area contributed by atoms with Crippen LogP contribution in [0.2, 0.25) is 0 Å². The summed E-state index contributed by atoms with van der Waals surface area (Å²) in [6, 6.07) is 8.98. The van der Waals surface area contributed by atoms with Crippen LogP contribution in [0.1, 0.15) is 73.6 Å². The van der Waals surface area contributed by atoms with E-state index in [2.05, 4.69) is 39.1 Å². The number of amides is 1. The number of hydrogen-bond acceptors (Lipinski definition) is 4. The molecule has 0 spiro atoms. The van der Waals surface area contributed by atoms with Crippen molar-refractivity contribution in [3.8, 4) is 5.75 Å². The molecule has 1 unspecified atom stereocenters. The summed E-state index contributed by atoms with van der Waals surface area (Å²) in [4.78, 5) is 23.7. The van der Waals surface area contributed by atoms with Crippen LogP contribution in [0, 0.1) is 0 Å². The third kappa shape index (κ3) is 3.98. The average Bonchev–Trinajstić information content (AvgIpc) is 2.64. The van der Waals surface area contributed by atoms with Crippen molar-refractivity contribution in [1.82, 2.24) is 0 Å². The fourth-order valence-electron chi connectivity index (χ4n) is 3.96. The first-order valence-corrected chi connectivity index (χ1v) is 9.70. The van der Waals surface area contributed by atoms with E-state index in [1.807, 2.05) is 12.1 Å². The highest BCUT2D eigenvalue weighted by Gasteiger charge is 2.37. The summed E-state index contributed by atoms with van der Waals surface area (Å²) in [6.45, 7) is 8.90. The van der Waals surface area contributed by atoms with Crippen molar-refractivity contribution >= 4 is 17.6 Å². The van der Waals surface area contributed by atoms with Gasteiger partial charge in [0.15, 0.2) is 0 Å². The molecule has 0 bridgehead atoms. The van der Waals surface area contributed by atoms with E-state index in [1.165, 1.54) is 29.3 Å². The summed E-state index contributed by atoms with van der Waals surface area (Å²) in [5.41, 5.74) is 9.60. The van der Waals surface area contributed by atoms with E-state index < -0.39 is 23.7 Å². The predicted molar refractivity (Wildman–Crippen MR) is 112 cm³/mol. The van der Waals surface area contributed by atoms with Gasteiger partial charge in [0.1, 0.15) is 17.4 Å². The number of rotatable bonds is 4. The van der Waals surface area contributed by atoms with Crippen molar-refractivity contribution in [1.29, 1.82) is 0 Å². The number of benzene rings is 2. The Labute approximate surface area is 170 Å². The summed E-state index contributed by atoms with van der Waals surface area (Å²) in [7, 11) is 0. The Balaban J connectivity index is 1.85. The van der Waals surface area contributed by atoms with E-state index in [9.17, 15) is 14.7 Å². The molecule has 0 heterocycles. The molecule has 0 saturated carbocycles. The molecule has 0 radical (unpaired) electrons. The molecular formula is C23H28N2O4. The van der Waals surface area contributed by atoms with Gasteiger partial charge in [0.25, 0.3) is 0 Å². The number of hydrogen-bond donors (Lipinski definition) is 4. The average molecular weight is 396 g/mol. The van der Waals surface area contributed by atoms with Crippen molar-refractivity contribution in [3.05, 3.63) is 58.7 Å². The van der Waals surface area contributed by atoms with Crippen LogP contribution in [-0.4, -0.2) is 22.1 Å². The Morgan fingerprint density at radius 3 is 2.21 bits per heavy atom. The van der Waals surface area contributed by atoms with E-state index in [-0.39, 0.29) is 22.1 Å². The quantitative estimate of drug-likeness (QED) is 0.622. The molecular weight excluding hydrogens is 368 g/mol. The van der Waals surface area contributed by atoms with Crippen LogP contribution in [0.4, 0.5) is 5.69 Å². The molecule has 2 aromatic carbocycles. The topological polar surface area (TPSA) is 113 Å². The van der Waals surface area contributed by atoms with Crippen LogP contribution in [0.15, 0.2) is 36.4 Å². The SMILES string of the molecule is CC1(C)CCC(C)(C)c2cc(C(N)C(=O)Nc3ccc(C(=O)O)c(O)c3)ccc21. The van der Waals surface area contributed by atoms with Crippen LogP contribution in [-0.2, 0) is 15.6 Å². The molecule has 0 aromatic heterocycles. The molecule has 1 aliphatic carbocycles. The van der Waals surface area contributed by atoms with Crippen LogP contribution in [0.5, 0.6) is 5.75 Å². The normalized spacial score (nSPS) is 17.8. The fourth-order valence-corrected chi connectivity index (χ4v) is 3.96. The van der Waals surface area contributed by atoms with E-state index in [1.54, 1.807) is 0 Å². The van der Waals surface area contributed by atoms with Gasteiger partial charge in [-0.25, -0.2) is 4.79 Å². The lowest BCUT2D eigenvalue weighted by Gasteiger charge is -2.42. The second-order valence-electron chi connectivity index (χ2n) is 9.08. The standard InChI is InChI=1S/C23H28N2O4/c1-22(2)9-10-23(3,4)17-11-13(5-8-16(17)22)19(24)20(27)25-14-6-7-15(21(28)29)18(26)12-14/h5-8,11-12,19,26H,9-10,24H2,1-4H3,(H,25,27)(H,28,29). The van der Waals surface area contributed by atoms with Crippen LogP contribution >= 0.6 is 0 Å². The van der Waals surface area contributed by atoms with Gasteiger partial charge in [-0.1, -0.05) is 45.9 Å². The van der Waals surface area contributed by atoms with Gasteiger partial charge in [-0.15, -0.1) is 0 Å². The molecule has 1 atom stereocenters. The summed E-state index contributed by atoms with van der Waals surface area (Å²) >= 11 is 0. The minimum atomic E-state index is -1.24. The molecule has 1 amide bonds. The first-order chi connectivity index (χ1) is 13.4. The zero-order valence-corrected chi connectivity index (χ0v) is 17.2. The Hall–Kier alpha value is -2.86. The van der Waals surface area contributed by atoms with Gasteiger partial charge < -0.3 is 21.3 Å². The third-order valence-corrected chi connectivity index (χ3v) is 6.01. The second-order valence-corrected chi connectivity index (χ2v) is 9.08. The van der Waals surface area contributed by atoms with E-state index in [0.29, 0.717) is 0 Å². The molecule has 0 fully saturated rings. The highest BCUT2D eigenvalue weighted by Crippen LogP contribution is 2.46. The lowest BCUT2D eigenvalue weighted by Crippen LogP contribution is -2.35. The van der Waals surface area contributed by atoms with E-state index >= 15 is 0 Å². The lowest BCUT2D eigenvalue weighted by atomic mass is 9.63. The summed E-state index contributed by atoms with van der Waals surface area (Å²) in [5, 5.41) is 21.4.